The van der Waals surface area contributed by atoms with E-state index in [0.717, 1.165) is 12.1 Å². The van der Waals surface area contributed by atoms with Gasteiger partial charge in [-0.25, -0.2) is 8.78 Å². The summed E-state index contributed by atoms with van der Waals surface area (Å²) in [7, 11) is 1.20. The van der Waals surface area contributed by atoms with Gasteiger partial charge in [-0.15, -0.1) is 0 Å². The molecular formula is C26H20F5NO4. The number of methoxy groups -OCH3 is 1. The fourth-order valence-corrected chi connectivity index (χ4v) is 3.84. The van der Waals surface area contributed by atoms with Crippen molar-refractivity contribution < 1.29 is 40.6 Å². The molecule has 0 unspecified atom stereocenters. The highest BCUT2D eigenvalue weighted by atomic mass is 19.4. The van der Waals surface area contributed by atoms with Crippen molar-refractivity contribution in [3.8, 4) is 16.9 Å². The zero-order valence-corrected chi connectivity index (χ0v) is 18.9. The average molecular weight is 505 g/mol. The molecule has 10 heteroatoms. The third-order valence-electron chi connectivity index (χ3n) is 5.61. The van der Waals surface area contributed by atoms with Crippen LogP contribution in [0.2, 0.25) is 0 Å². The van der Waals surface area contributed by atoms with Crippen molar-refractivity contribution in [2.45, 2.75) is 25.7 Å². The number of ether oxygens (including phenoxy) is 2. The van der Waals surface area contributed by atoms with E-state index in [1.165, 1.54) is 43.5 Å². The SMILES string of the molecule is COC(=O)Cc1ccc(F)cc1OCc1cc(-c2cccc(CN)c2F)c2occ(C(F)(F)F)c2c1. The van der Waals surface area contributed by atoms with Crippen molar-refractivity contribution in [3.63, 3.8) is 0 Å². The molecule has 0 saturated heterocycles. The van der Waals surface area contributed by atoms with Gasteiger partial charge >= 0.3 is 12.1 Å². The number of benzene rings is 3. The molecule has 0 radical (unpaired) electrons. The van der Waals surface area contributed by atoms with Crippen LogP contribution in [0.1, 0.15) is 22.3 Å². The van der Waals surface area contributed by atoms with Crippen LogP contribution in [0.15, 0.2) is 59.2 Å². The summed E-state index contributed by atoms with van der Waals surface area (Å²) in [6.07, 6.45) is -4.35. The van der Waals surface area contributed by atoms with Gasteiger partial charge in [0.1, 0.15) is 41.4 Å². The van der Waals surface area contributed by atoms with E-state index in [-0.39, 0.29) is 58.5 Å². The summed E-state index contributed by atoms with van der Waals surface area (Å²) in [4.78, 5) is 11.7. The molecular weight excluding hydrogens is 485 g/mol. The van der Waals surface area contributed by atoms with Crippen LogP contribution >= 0.6 is 0 Å². The number of halogens is 5. The van der Waals surface area contributed by atoms with Crippen LogP contribution < -0.4 is 10.5 Å². The van der Waals surface area contributed by atoms with Crippen molar-refractivity contribution in [1.29, 1.82) is 0 Å². The Kier molecular flexibility index (Phi) is 6.98. The lowest BCUT2D eigenvalue weighted by molar-refractivity contribution is -0.140. The summed E-state index contributed by atoms with van der Waals surface area (Å²) in [5, 5.41) is -0.287. The molecule has 0 atom stereocenters. The summed E-state index contributed by atoms with van der Waals surface area (Å²) in [6, 6.07) is 10.6. The molecule has 1 aromatic heterocycles. The number of esters is 1. The first kappa shape index (κ1) is 25.2. The number of alkyl halides is 3. The highest BCUT2D eigenvalue weighted by molar-refractivity contribution is 5.95. The Morgan fingerprint density at radius 3 is 2.50 bits per heavy atom. The second kappa shape index (κ2) is 9.98. The first-order chi connectivity index (χ1) is 17.1. The van der Waals surface area contributed by atoms with E-state index in [0.29, 0.717) is 11.8 Å². The number of hydrogen-bond donors (Lipinski definition) is 1. The van der Waals surface area contributed by atoms with Gasteiger partial charge in [0, 0.05) is 40.3 Å². The molecule has 0 fully saturated rings. The zero-order valence-electron chi connectivity index (χ0n) is 18.9. The van der Waals surface area contributed by atoms with Gasteiger partial charge in [-0.05, 0) is 23.8 Å². The van der Waals surface area contributed by atoms with Gasteiger partial charge in [-0.2, -0.15) is 13.2 Å². The van der Waals surface area contributed by atoms with Gasteiger partial charge in [0.05, 0.1) is 13.5 Å². The lowest BCUT2D eigenvalue weighted by Gasteiger charge is -2.14. The molecule has 4 aromatic rings. The molecule has 3 aromatic carbocycles. The standard InChI is InChI=1S/C26H20F5NO4/c1-34-23(33)9-15-5-6-17(27)10-22(15)35-12-14-7-19(18-4-2-3-16(11-32)24(18)28)25-20(8-14)21(13-36-25)26(29,30)31/h2-8,10,13H,9,11-12,32H2,1H3. The Hall–Kier alpha value is -3.92. The highest BCUT2D eigenvalue weighted by Gasteiger charge is 2.35. The van der Waals surface area contributed by atoms with Crippen molar-refractivity contribution in [1.82, 2.24) is 0 Å². The minimum atomic E-state index is -4.73. The molecule has 4 rings (SSSR count). The molecule has 2 N–H and O–H groups in total. The number of furan rings is 1. The Morgan fingerprint density at radius 2 is 1.81 bits per heavy atom. The predicted octanol–water partition coefficient (Wildman–Crippen LogP) is 6.15. The summed E-state index contributed by atoms with van der Waals surface area (Å²) in [5.74, 6) is -1.89. The Balaban J connectivity index is 1.81. The van der Waals surface area contributed by atoms with E-state index in [4.69, 9.17) is 14.9 Å². The van der Waals surface area contributed by atoms with E-state index >= 15 is 4.39 Å². The van der Waals surface area contributed by atoms with Gasteiger partial charge < -0.3 is 19.6 Å². The van der Waals surface area contributed by atoms with Gasteiger partial charge in [-0.3, -0.25) is 4.79 Å². The van der Waals surface area contributed by atoms with E-state index in [1.54, 1.807) is 0 Å². The van der Waals surface area contributed by atoms with Crippen molar-refractivity contribution >= 4 is 16.9 Å². The van der Waals surface area contributed by atoms with Crippen LogP contribution in [0.4, 0.5) is 22.0 Å². The molecule has 0 spiro atoms. The minimum Gasteiger partial charge on any atom is -0.488 e. The molecule has 0 aliphatic heterocycles. The second-order valence-corrected chi connectivity index (χ2v) is 7.94. The number of rotatable bonds is 7. The summed E-state index contributed by atoms with van der Waals surface area (Å²) >= 11 is 0. The lowest BCUT2D eigenvalue weighted by atomic mass is 9.97. The van der Waals surface area contributed by atoms with Crippen LogP contribution in [0.5, 0.6) is 5.75 Å². The maximum absolute atomic E-state index is 15.1. The fourth-order valence-electron chi connectivity index (χ4n) is 3.84. The molecule has 188 valence electrons. The predicted molar refractivity (Wildman–Crippen MR) is 121 cm³/mol. The molecule has 0 aliphatic carbocycles. The third-order valence-corrected chi connectivity index (χ3v) is 5.61. The van der Waals surface area contributed by atoms with Crippen molar-refractivity contribution in [2.75, 3.05) is 7.11 Å². The number of fused-ring (bicyclic) bond motifs is 1. The smallest absolute Gasteiger partial charge is 0.420 e. The molecule has 1 heterocycles. The molecule has 36 heavy (non-hydrogen) atoms. The van der Waals surface area contributed by atoms with E-state index in [1.807, 2.05) is 0 Å². The fraction of sp³-hybridized carbons (Fsp3) is 0.192. The number of nitrogens with two attached hydrogens (primary N) is 1. The lowest BCUT2D eigenvalue weighted by Crippen LogP contribution is -2.07. The van der Waals surface area contributed by atoms with Gasteiger partial charge in [0.2, 0.25) is 0 Å². The zero-order chi connectivity index (χ0) is 26.0. The molecule has 0 saturated carbocycles. The summed E-state index contributed by atoms with van der Waals surface area (Å²) in [6.45, 7) is -0.415. The number of carbonyl (C=O) groups is 1. The number of carbonyl (C=O) groups excluding carboxylic acids is 1. The Bertz CT molecular complexity index is 1430. The first-order valence-corrected chi connectivity index (χ1v) is 10.7. The van der Waals surface area contributed by atoms with Gasteiger partial charge in [-0.1, -0.05) is 24.3 Å². The third kappa shape index (κ3) is 5.03. The second-order valence-electron chi connectivity index (χ2n) is 7.94. The topological polar surface area (TPSA) is 74.7 Å². The van der Waals surface area contributed by atoms with Crippen LogP contribution in [0, 0.1) is 11.6 Å². The summed E-state index contributed by atoms with van der Waals surface area (Å²) < 4.78 is 85.5. The number of hydrogen-bond acceptors (Lipinski definition) is 5. The van der Waals surface area contributed by atoms with Crippen LogP contribution in [0.25, 0.3) is 22.1 Å². The molecule has 0 bridgehead atoms. The van der Waals surface area contributed by atoms with Crippen LogP contribution in [0.3, 0.4) is 0 Å². The minimum absolute atomic E-state index is 0.00464. The molecule has 0 amide bonds. The highest BCUT2D eigenvalue weighted by Crippen LogP contribution is 2.41. The Labute approximate surface area is 202 Å². The Morgan fingerprint density at radius 1 is 1.03 bits per heavy atom. The first-order valence-electron chi connectivity index (χ1n) is 10.7. The van der Waals surface area contributed by atoms with Gasteiger partial charge in [0.25, 0.3) is 0 Å². The van der Waals surface area contributed by atoms with Crippen LogP contribution in [-0.2, 0) is 35.3 Å². The normalized spacial score (nSPS) is 11.6. The maximum Gasteiger partial charge on any atom is 0.420 e. The van der Waals surface area contributed by atoms with Gasteiger partial charge in [0.15, 0.2) is 0 Å². The summed E-state index contributed by atoms with van der Waals surface area (Å²) in [5.41, 5.74) is 5.21. The van der Waals surface area contributed by atoms with Crippen molar-refractivity contribution in [3.05, 3.63) is 88.7 Å². The maximum atomic E-state index is 15.1. The monoisotopic (exact) mass is 505 g/mol. The van der Waals surface area contributed by atoms with E-state index in [2.05, 4.69) is 4.74 Å². The quantitative estimate of drug-likeness (QED) is 0.241. The largest absolute Gasteiger partial charge is 0.488 e. The molecule has 0 aliphatic rings. The molecule has 5 nitrogen and oxygen atoms in total. The van der Waals surface area contributed by atoms with E-state index < -0.39 is 29.3 Å². The van der Waals surface area contributed by atoms with Crippen LogP contribution in [-0.4, -0.2) is 13.1 Å². The van der Waals surface area contributed by atoms with E-state index in [9.17, 15) is 22.4 Å². The van der Waals surface area contributed by atoms with Crippen molar-refractivity contribution in [2.24, 2.45) is 5.73 Å². The average Bonchev–Trinajstić information content (AvgIpc) is 3.28.